The maximum atomic E-state index is 13.3. The first-order chi connectivity index (χ1) is 13.1. The van der Waals surface area contributed by atoms with Crippen molar-refractivity contribution in [1.29, 1.82) is 0 Å². The van der Waals surface area contributed by atoms with Gasteiger partial charge in [0.25, 0.3) is 0 Å². The molecule has 8 heteroatoms. The van der Waals surface area contributed by atoms with Crippen molar-refractivity contribution in [1.82, 2.24) is 0 Å². The second-order valence-corrected chi connectivity index (χ2v) is 13.7. The Morgan fingerprint density at radius 3 is 1.79 bits per heavy atom. The number of aromatic hydroxyl groups is 1. The van der Waals surface area contributed by atoms with Crippen LogP contribution in [0, 0.1) is 0 Å². The van der Waals surface area contributed by atoms with Gasteiger partial charge in [0.1, 0.15) is 5.75 Å². The molecule has 2 rings (SSSR count). The number of halogens is 5. The molecule has 2 aromatic carbocycles. The summed E-state index contributed by atoms with van der Waals surface area (Å²) in [6, 6.07) is 9.39. The molecular weight excluding hydrogens is 518 g/mol. The third-order valence-corrected chi connectivity index (χ3v) is 5.64. The summed E-state index contributed by atoms with van der Waals surface area (Å²) in [4.78, 5) is 0. The minimum absolute atomic E-state index is 0.0980. The zero-order chi connectivity index (χ0) is 22.6. The molecule has 0 heterocycles. The van der Waals surface area contributed by atoms with Gasteiger partial charge in [0.15, 0.2) is 0 Å². The Kier molecular flexibility index (Phi) is 9.75. The van der Waals surface area contributed by atoms with Crippen molar-refractivity contribution in [2.24, 2.45) is 0 Å². The van der Waals surface area contributed by atoms with Crippen molar-refractivity contribution in [2.75, 3.05) is 0 Å². The Balaban J connectivity index is 0.00000132. The maximum absolute atomic E-state index is 13.3. The van der Waals surface area contributed by atoms with Crippen molar-refractivity contribution in [2.45, 2.75) is 58.5 Å². The first kappa shape index (κ1) is 27.0. The van der Waals surface area contributed by atoms with Crippen LogP contribution < -0.4 is 10.6 Å². The van der Waals surface area contributed by atoms with E-state index in [4.69, 9.17) is 17.0 Å². The average molecular weight is 545 g/mol. The molecule has 1 atom stereocenters. The Morgan fingerprint density at radius 2 is 1.34 bits per heavy atom. The Labute approximate surface area is 191 Å². The minimum atomic E-state index is -4.41. The molecule has 1 N–H and O–H groups in total. The topological polar surface area (TPSA) is 20.2 Å². The van der Waals surface area contributed by atoms with Crippen LogP contribution in [0.4, 0.5) is 13.2 Å². The average Bonchev–Trinajstić information content (AvgIpc) is 2.55. The van der Waals surface area contributed by atoms with Crippen molar-refractivity contribution in [3.05, 3.63) is 53.1 Å². The Bertz CT molecular complexity index is 828. The molecule has 0 amide bonds. The van der Waals surface area contributed by atoms with Gasteiger partial charge in [-0.15, -0.1) is 0 Å². The van der Waals surface area contributed by atoms with Crippen LogP contribution in [0.5, 0.6) is 5.75 Å². The fraction of sp³-hybridized carbons (Fsp3) is 0.429. The van der Waals surface area contributed by atoms with Gasteiger partial charge in [-0.1, -0.05) is 74.4 Å². The normalized spacial score (nSPS) is 12.7. The monoisotopic (exact) mass is 542 g/mol. The van der Waals surface area contributed by atoms with Crippen LogP contribution in [0.2, 0.25) is 0 Å². The number of phenolic OH excluding ortho intramolecular Hbond substituents is 1. The molecule has 0 saturated carbocycles. The molecule has 0 aromatic heterocycles. The zero-order valence-electron chi connectivity index (χ0n) is 17.3. The number of hydrogen-bond acceptors (Lipinski definition) is 1. The third kappa shape index (κ3) is 7.84. The van der Waals surface area contributed by atoms with Crippen LogP contribution in [-0.2, 0) is 37.9 Å². The van der Waals surface area contributed by atoms with E-state index in [1.165, 1.54) is 12.1 Å². The van der Waals surface area contributed by atoms with E-state index in [9.17, 15) is 18.3 Å². The van der Waals surface area contributed by atoms with Gasteiger partial charge in [0, 0.05) is 10.9 Å². The van der Waals surface area contributed by atoms with Gasteiger partial charge in [-0.05, 0) is 33.8 Å². The summed E-state index contributed by atoms with van der Waals surface area (Å²) in [5.41, 5.74) is 0.644. The van der Waals surface area contributed by atoms with Crippen molar-refractivity contribution >= 4 is 36.2 Å². The predicted octanol–water partition coefficient (Wildman–Crippen LogP) is 7.01. The predicted molar refractivity (Wildman–Crippen MR) is 116 cm³/mol. The number of rotatable bonds is 2. The second kappa shape index (κ2) is 10.5. The first-order valence-electron chi connectivity index (χ1n) is 8.90. The Hall–Kier alpha value is -0.0769. The molecule has 29 heavy (non-hydrogen) atoms. The summed E-state index contributed by atoms with van der Waals surface area (Å²) >= 11 is -0.826. The summed E-state index contributed by atoms with van der Waals surface area (Å²) in [6.45, 7) is 12.1. The molecule has 0 aliphatic heterocycles. The van der Waals surface area contributed by atoms with E-state index in [0.29, 0.717) is 5.30 Å². The number of hydrogen-bond donors (Lipinski definition) is 1. The molecular formula is C21H26Cl2F3OPZr. The molecule has 160 valence electrons. The second-order valence-electron chi connectivity index (χ2n) is 8.66. The molecule has 0 aliphatic rings. The van der Waals surface area contributed by atoms with Crippen LogP contribution in [0.3, 0.4) is 0 Å². The van der Waals surface area contributed by atoms with E-state index in [1.807, 2.05) is 32.9 Å². The van der Waals surface area contributed by atoms with Crippen LogP contribution >= 0.6 is 25.6 Å². The van der Waals surface area contributed by atoms with Crippen molar-refractivity contribution in [3.8, 4) is 5.75 Å². The molecule has 0 saturated heterocycles. The van der Waals surface area contributed by atoms with Crippen LogP contribution in [0.25, 0.3) is 0 Å². The Morgan fingerprint density at radius 1 is 0.828 bits per heavy atom. The molecule has 1 unspecified atom stereocenters. The number of phenols is 1. The van der Waals surface area contributed by atoms with Crippen LogP contribution in [-0.4, -0.2) is 5.11 Å². The number of benzene rings is 2. The van der Waals surface area contributed by atoms with E-state index < -0.39 is 32.6 Å². The van der Waals surface area contributed by atoms with Gasteiger partial charge in [0.05, 0.1) is 5.56 Å². The van der Waals surface area contributed by atoms with Gasteiger partial charge in [-0.25, -0.2) is 0 Å². The fourth-order valence-corrected chi connectivity index (χ4v) is 4.03. The van der Waals surface area contributed by atoms with Gasteiger partial charge < -0.3 is 5.11 Å². The molecule has 0 bridgehead atoms. The van der Waals surface area contributed by atoms with Crippen molar-refractivity contribution in [3.63, 3.8) is 0 Å². The van der Waals surface area contributed by atoms with Crippen molar-refractivity contribution < 1.29 is 39.1 Å². The first-order valence-corrected chi connectivity index (χ1v) is 16.2. The summed E-state index contributed by atoms with van der Waals surface area (Å²) in [7, 11) is 9.60. The quantitative estimate of drug-likeness (QED) is 0.404. The SMILES string of the molecule is CC(C)(C)c1cc(Pc2ccccc2C(F)(F)F)c(O)c(C(C)(C)C)c1.[Cl][Zr][Cl]. The summed E-state index contributed by atoms with van der Waals surface area (Å²) in [6.07, 6.45) is -4.41. The molecule has 1 nitrogen and oxygen atoms in total. The molecule has 0 radical (unpaired) electrons. The molecule has 0 aliphatic carbocycles. The fourth-order valence-electron chi connectivity index (χ4n) is 2.72. The van der Waals surface area contributed by atoms with E-state index >= 15 is 0 Å². The van der Waals surface area contributed by atoms with E-state index in [-0.39, 0.29) is 30.5 Å². The van der Waals surface area contributed by atoms with Crippen LogP contribution in [0.15, 0.2) is 36.4 Å². The van der Waals surface area contributed by atoms with E-state index in [2.05, 4.69) is 20.8 Å². The summed E-state index contributed by atoms with van der Waals surface area (Å²) in [5, 5.41) is 11.5. The molecule has 0 fully saturated rings. The third-order valence-electron chi connectivity index (χ3n) is 4.29. The number of alkyl halides is 3. The van der Waals surface area contributed by atoms with Gasteiger partial charge in [-0.2, -0.15) is 13.2 Å². The van der Waals surface area contributed by atoms with Gasteiger partial charge >= 0.3 is 44.1 Å². The molecule has 2 aromatic rings. The van der Waals surface area contributed by atoms with Crippen LogP contribution in [0.1, 0.15) is 58.2 Å². The van der Waals surface area contributed by atoms with E-state index in [0.717, 1.165) is 17.2 Å². The molecule has 0 spiro atoms. The summed E-state index contributed by atoms with van der Waals surface area (Å²) in [5.74, 6) is 0.0980. The van der Waals surface area contributed by atoms with E-state index in [1.54, 1.807) is 6.07 Å². The van der Waals surface area contributed by atoms with Gasteiger partial charge in [0.2, 0.25) is 0 Å². The zero-order valence-corrected chi connectivity index (χ0v) is 22.3. The standard InChI is InChI=1S/C21H26F3OP.2ClH.Zr/c1-19(2,3)13-11-15(20(4,5)6)18(25)17(12-13)26-16-10-8-7-9-14(16)21(22,23)24;;;/h7-12,25-26H,1-6H3;2*1H;/q;;;+2/p-2. The van der Waals surface area contributed by atoms with Gasteiger partial charge in [-0.3, -0.25) is 0 Å². The summed E-state index contributed by atoms with van der Waals surface area (Å²) < 4.78 is 40.0.